The number of benzene rings is 1. The van der Waals surface area contributed by atoms with E-state index in [0.717, 1.165) is 42.2 Å². The number of rotatable bonds is 6. The number of aromatic nitrogens is 3. The van der Waals surface area contributed by atoms with Crippen molar-refractivity contribution in [2.75, 3.05) is 11.9 Å². The largest absolute Gasteiger partial charge is 0.334 e. The van der Waals surface area contributed by atoms with Crippen LogP contribution in [0.15, 0.2) is 54.9 Å². The first-order valence-corrected chi connectivity index (χ1v) is 10.5. The number of hydrogen-bond acceptors (Lipinski definition) is 5. The number of carbonyl (C=O) groups is 1. The highest BCUT2D eigenvalue weighted by atomic mass is 35.5. The van der Waals surface area contributed by atoms with E-state index < -0.39 is 0 Å². The van der Waals surface area contributed by atoms with Gasteiger partial charge in [-0.05, 0) is 56.0 Å². The molecule has 0 radical (unpaired) electrons. The van der Waals surface area contributed by atoms with Gasteiger partial charge in [-0.15, -0.1) is 0 Å². The maximum Gasteiger partial charge on any atom is 0.223 e. The van der Waals surface area contributed by atoms with Crippen LogP contribution in [0.25, 0.3) is 0 Å². The molecule has 1 amide bonds. The van der Waals surface area contributed by atoms with E-state index in [2.05, 4.69) is 15.3 Å². The normalized spacial score (nSPS) is 15.9. The number of amides is 1. The Labute approximate surface area is 181 Å². The quantitative estimate of drug-likeness (QED) is 0.614. The van der Waals surface area contributed by atoms with Crippen molar-refractivity contribution in [1.82, 2.24) is 19.9 Å². The van der Waals surface area contributed by atoms with Gasteiger partial charge in [0.15, 0.2) is 0 Å². The lowest BCUT2D eigenvalue weighted by molar-refractivity contribution is -0.132. The molecule has 4 rings (SSSR count). The van der Waals surface area contributed by atoms with E-state index in [0.29, 0.717) is 23.7 Å². The summed E-state index contributed by atoms with van der Waals surface area (Å²) in [7, 11) is 0. The first kappa shape index (κ1) is 20.3. The van der Waals surface area contributed by atoms with E-state index >= 15 is 0 Å². The Morgan fingerprint density at radius 2 is 2.03 bits per heavy atom. The SMILES string of the molecule is Cc1cccc(Nc2cncc(C3CCCN3C(=O)CCc3cccc(Cl)c3)n2)n1. The third-order valence-corrected chi connectivity index (χ3v) is 5.46. The molecule has 1 atom stereocenters. The molecule has 30 heavy (non-hydrogen) atoms. The number of nitrogens with zero attached hydrogens (tertiary/aromatic N) is 4. The van der Waals surface area contributed by atoms with Crippen molar-refractivity contribution >= 4 is 29.1 Å². The summed E-state index contributed by atoms with van der Waals surface area (Å²) < 4.78 is 0. The molecule has 1 aliphatic rings. The number of hydrogen-bond donors (Lipinski definition) is 1. The lowest BCUT2D eigenvalue weighted by Crippen LogP contribution is -2.31. The molecule has 1 saturated heterocycles. The van der Waals surface area contributed by atoms with Crippen LogP contribution in [0.3, 0.4) is 0 Å². The third kappa shape index (κ3) is 4.94. The molecule has 3 heterocycles. The van der Waals surface area contributed by atoms with E-state index in [4.69, 9.17) is 16.6 Å². The molecule has 1 N–H and O–H groups in total. The number of aryl methyl sites for hydroxylation is 2. The fourth-order valence-electron chi connectivity index (χ4n) is 3.81. The van der Waals surface area contributed by atoms with Gasteiger partial charge in [-0.2, -0.15) is 0 Å². The summed E-state index contributed by atoms with van der Waals surface area (Å²) in [4.78, 5) is 28.4. The number of nitrogens with one attached hydrogen (secondary N) is 1. The van der Waals surface area contributed by atoms with Crippen molar-refractivity contribution in [3.05, 3.63) is 76.8 Å². The summed E-state index contributed by atoms with van der Waals surface area (Å²) in [6.45, 7) is 2.69. The van der Waals surface area contributed by atoms with Gasteiger partial charge in [0.25, 0.3) is 0 Å². The molecule has 1 aromatic carbocycles. The summed E-state index contributed by atoms with van der Waals surface area (Å²) in [6.07, 6.45) is 6.41. The van der Waals surface area contributed by atoms with E-state index in [-0.39, 0.29) is 11.9 Å². The monoisotopic (exact) mass is 421 g/mol. The molecule has 7 heteroatoms. The second kappa shape index (κ2) is 9.22. The minimum Gasteiger partial charge on any atom is -0.334 e. The predicted molar refractivity (Wildman–Crippen MR) is 118 cm³/mol. The highest BCUT2D eigenvalue weighted by molar-refractivity contribution is 6.30. The molecular weight excluding hydrogens is 398 g/mol. The molecule has 3 aromatic rings. The van der Waals surface area contributed by atoms with Crippen molar-refractivity contribution in [3.8, 4) is 0 Å². The van der Waals surface area contributed by atoms with Gasteiger partial charge in [-0.3, -0.25) is 9.78 Å². The zero-order valence-electron chi connectivity index (χ0n) is 16.9. The summed E-state index contributed by atoms with van der Waals surface area (Å²) in [5, 5.41) is 3.90. The van der Waals surface area contributed by atoms with Gasteiger partial charge < -0.3 is 10.2 Å². The van der Waals surface area contributed by atoms with Gasteiger partial charge in [0.2, 0.25) is 5.91 Å². The molecule has 0 aliphatic carbocycles. The molecule has 1 fully saturated rings. The fourth-order valence-corrected chi connectivity index (χ4v) is 4.02. The second-order valence-corrected chi connectivity index (χ2v) is 7.93. The maximum absolute atomic E-state index is 12.9. The summed E-state index contributed by atoms with van der Waals surface area (Å²) >= 11 is 6.05. The van der Waals surface area contributed by atoms with E-state index in [1.807, 2.05) is 54.3 Å². The van der Waals surface area contributed by atoms with Gasteiger partial charge in [-0.1, -0.05) is 29.8 Å². The van der Waals surface area contributed by atoms with Crippen LogP contribution in [0.2, 0.25) is 5.02 Å². The summed E-state index contributed by atoms with van der Waals surface area (Å²) in [5.41, 5.74) is 2.81. The molecule has 2 aromatic heterocycles. The second-order valence-electron chi connectivity index (χ2n) is 7.49. The van der Waals surface area contributed by atoms with Gasteiger partial charge >= 0.3 is 0 Å². The minimum absolute atomic E-state index is 0.0448. The topological polar surface area (TPSA) is 71.0 Å². The van der Waals surface area contributed by atoms with Gasteiger partial charge in [0.05, 0.1) is 24.1 Å². The van der Waals surface area contributed by atoms with Crippen molar-refractivity contribution in [2.45, 2.75) is 38.6 Å². The van der Waals surface area contributed by atoms with Crippen molar-refractivity contribution in [3.63, 3.8) is 0 Å². The van der Waals surface area contributed by atoms with Crippen LogP contribution in [0, 0.1) is 6.92 Å². The van der Waals surface area contributed by atoms with E-state index in [1.165, 1.54) is 0 Å². The Kier molecular flexibility index (Phi) is 6.23. The van der Waals surface area contributed by atoms with Crippen molar-refractivity contribution in [1.29, 1.82) is 0 Å². The standard InChI is InChI=1S/C23H24ClN5O/c1-16-5-2-9-21(26-16)28-22-15-25-14-19(27-22)20-8-4-12-29(20)23(30)11-10-17-6-3-7-18(24)13-17/h2-3,5-7,9,13-15,20H,4,8,10-12H2,1H3,(H,26,27,28). The van der Waals surface area contributed by atoms with E-state index in [9.17, 15) is 4.79 Å². The van der Waals surface area contributed by atoms with Crippen molar-refractivity contribution in [2.24, 2.45) is 0 Å². The Morgan fingerprint density at radius 3 is 2.87 bits per heavy atom. The van der Waals surface area contributed by atoms with Gasteiger partial charge in [0, 0.05) is 23.7 Å². The molecule has 0 saturated carbocycles. The third-order valence-electron chi connectivity index (χ3n) is 5.23. The van der Waals surface area contributed by atoms with Crippen LogP contribution < -0.4 is 5.32 Å². The number of anilines is 2. The Hall–Kier alpha value is -2.99. The van der Waals surface area contributed by atoms with Crippen LogP contribution in [0.1, 0.15) is 42.3 Å². The average Bonchev–Trinajstić information content (AvgIpc) is 3.22. The van der Waals surface area contributed by atoms with Gasteiger partial charge in [0.1, 0.15) is 11.6 Å². The van der Waals surface area contributed by atoms with Crippen molar-refractivity contribution < 1.29 is 4.79 Å². The average molecular weight is 422 g/mol. The Balaban J connectivity index is 1.44. The first-order chi connectivity index (χ1) is 14.6. The zero-order valence-corrected chi connectivity index (χ0v) is 17.6. The first-order valence-electron chi connectivity index (χ1n) is 10.1. The fraction of sp³-hybridized carbons (Fsp3) is 0.304. The maximum atomic E-state index is 12.9. The summed E-state index contributed by atoms with van der Waals surface area (Å²) in [6, 6.07) is 13.4. The number of carbonyl (C=O) groups excluding carboxylic acids is 1. The highest BCUT2D eigenvalue weighted by Gasteiger charge is 2.31. The van der Waals surface area contributed by atoms with E-state index in [1.54, 1.807) is 12.4 Å². The Bertz CT molecular complexity index is 1040. The highest BCUT2D eigenvalue weighted by Crippen LogP contribution is 2.32. The Morgan fingerprint density at radius 1 is 1.17 bits per heavy atom. The van der Waals surface area contributed by atoms with Gasteiger partial charge in [-0.25, -0.2) is 9.97 Å². The molecule has 0 bridgehead atoms. The lowest BCUT2D eigenvalue weighted by Gasteiger charge is -2.24. The molecular formula is C23H24ClN5O. The molecule has 1 unspecified atom stereocenters. The molecule has 1 aliphatic heterocycles. The molecule has 6 nitrogen and oxygen atoms in total. The predicted octanol–water partition coefficient (Wildman–Crippen LogP) is 4.87. The van der Waals surface area contributed by atoms with Crippen LogP contribution in [-0.2, 0) is 11.2 Å². The number of likely N-dealkylation sites (tertiary alicyclic amines) is 1. The van der Waals surface area contributed by atoms with Crippen LogP contribution in [0.4, 0.5) is 11.6 Å². The smallest absolute Gasteiger partial charge is 0.223 e. The van der Waals surface area contributed by atoms with Crippen LogP contribution in [-0.4, -0.2) is 32.3 Å². The number of pyridine rings is 1. The van der Waals surface area contributed by atoms with Crippen LogP contribution >= 0.6 is 11.6 Å². The lowest BCUT2D eigenvalue weighted by atomic mass is 10.1. The number of halogens is 1. The molecule has 154 valence electrons. The zero-order chi connectivity index (χ0) is 20.9. The molecule has 0 spiro atoms. The summed E-state index contributed by atoms with van der Waals surface area (Å²) in [5.74, 6) is 1.49. The minimum atomic E-state index is -0.0448. The van der Waals surface area contributed by atoms with Crippen LogP contribution in [0.5, 0.6) is 0 Å².